The van der Waals surface area contributed by atoms with Crippen molar-refractivity contribution in [2.24, 2.45) is 0 Å². The first-order valence-corrected chi connectivity index (χ1v) is 62.6. The second-order valence-corrected chi connectivity index (χ2v) is 48.5. The lowest BCUT2D eigenvalue weighted by atomic mass is 10.1. The lowest BCUT2D eigenvalue weighted by molar-refractivity contribution is -0.692. The Morgan fingerprint density at radius 2 is 0.600 bits per heavy atom. The van der Waals surface area contributed by atoms with E-state index in [1.54, 1.807) is 58.2 Å². The number of hydrogen-bond acceptors (Lipinski definition) is 37. The Kier molecular flexibility index (Phi) is 88.1. The quantitative estimate of drug-likeness (QED) is 0.00322. The maximum absolute atomic E-state index is 10.6. The summed E-state index contributed by atoms with van der Waals surface area (Å²) < 4.78 is 133. The number of aliphatic hydroxyl groups is 8. The number of anilines is 3. The van der Waals surface area contributed by atoms with Crippen LogP contribution >= 0.6 is 97.0 Å². The first-order valence-electron chi connectivity index (χ1n) is 42.7. The summed E-state index contributed by atoms with van der Waals surface area (Å²) in [5.41, 5.74) is 11.9. The average Bonchev–Trinajstić information content (AvgIpc) is 0.879. The van der Waals surface area contributed by atoms with Gasteiger partial charge in [-0.05, 0) is 146 Å². The number of nitrogens with zero attached hydrogens (tertiary/aromatic N) is 8. The molecule has 1 aliphatic rings. The molecule has 0 unspecified atom stereocenters. The van der Waals surface area contributed by atoms with Crippen LogP contribution in [0.3, 0.4) is 0 Å². The number of pyridine rings is 5. The van der Waals surface area contributed by atoms with E-state index in [2.05, 4.69) is 208 Å². The van der Waals surface area contributed by atoms with Gasteiger partial charge in [0, 0.05) is 176 Å². The van der Waals surface area contributed by atoms with E-state index in [4.69, 9.17) is 56.3 Å². The van der Waals surface area contributed by atoms with Crippen molar-refractivity contribution in [3.05, 3.63) is 240 Å². The number of carboxylic acids is 1. The van der Waals surface area contributed by atoms with Gasteiger partial charge < -0.3 is 75.1 Å². The number of aryl methyl sites for hydroxylation is 7. The van der Waals surface area contributed by atoms with Gasteiger partial charge in [0.2, 0.25) is 9.05 Å². The summed E-state index contributed by atoms with van der Waals surface area (Å²) in [5, 5.41) is 81.9. The highest BCUT2D eigenvalue weighted by Crippen LogP contribution is 2.24. The summed E-state index contributed by atoms with van der Waals surface area (Å²) in [4.78, 5) is 29.1. The fourth-order valence-corrected chi connectivity index (χ4v) is 18.1. The normalized spacial score (nSPS) is 11.3. The Morgan fingerprint density at radius 3 is 0.800 bits per heavy atom. The largest absolute Gasteiger partial charge is 0.748 e. The molecule has 1 fully saturated rings. The molecule has 1 aliphatic heterocycles. The smallest absolute Gasteiger partial charge is 0.300 e. The minimum absolute atomic E-state index is 0. The van der Waals surface area contributed by atoms with E-state index in [-0.39, 0.29) is 80.9 Å². The molecule has 10 N–H and O–H groups in total. The van der Waals surface area contributed by atoms with Crippen LogP contribution in [0.4, 0.5) is 17.1 Å². The second kappa shape index (κ2) is 88.1. The lowest BCUT2D eigenvalue weighted by Gasteiger charge is -2.22. The fraction of sp³-hybridized carbons (Fsp3) is 0.467. The topological polar surface area (TPSA) is 502 Å². The summed E-state index contributed by atoms with van der Waals surface area (Å²) in [5.74, 6) is 6.07. The molecule has 34 nitrogen and oxygen atoms in total. The molecule has 0 atom stereocenters. The van der Waals surface area contributed by atoms with E-state index in [0.29, 0.717) is 68.8 Å². The molecule has 5 aromatic heterocycles. The molecule has 140 heavy (non-hydrogen) atoms. The number of carbonyl (C=O) groups excluding carboxylic acids is 1. The zero-order valence-corrected chi connectivity index (χ0v) is 90.7. The second-order valence-electron chi connectivity index (χ2n) is 28.5. The molecular formula is C92H146ClN9O25S13+2. The summed E-state index contributed by atoms with van der Waals surface area (Å²) >= 11 is 0. The van der Waals surface area contributed by atoms with Crippen LogP contribution in [0, 0.1) is 20.8 Å². The van der Waals surface area contributed by atoms with Crippen molar-refractivity contribution < 1.29 is 133 Å². The van der Waals surface area contributed by atoms with E-state index in [1.807, 2.05) is 101 Å². The maximum atomic E-state index is 10.6. The van der Waals surface area contributed by atoms with Crippen molar-refractivity contribution in [2.45, 2.75) is 81.6 Å². The van der Waals surface area contributed by atoms with Crippen LogP contribution in [0.1, 0.15) is 83.9 Å². The number of carbonyl (C=O) groups is 2. The summed E-state index contributed by atoms with van der Waals surface area (Å²) in [6.07, 6.45) is 36.8. The Hall–Kier alpha value is -6.25. The molecule has 3 aromatic carbocycles. The maximum Gasteiger partial charge on any atom is 0.300 e. The van der Waals surface area contributed by atoms with Crippen LogP contribution in [0.2, 0.25) is 0 Å². The highest BCUT2D eigenvalue weighted by atomic mass is 35.7. The highest BCUT2D eigenvalue weighted by Gasteiger charge is 2.12. The molecule has 9 rings (SSSR count). The third-order valence-electron chi connectivity index (χ3n) is 16.2. The summed E-state index contributed by atoms with van der Waals surface area (Å²) in [7, 11) is 0.423. The van der Waals surface area contributed by atoms with Crippen molar-refractivity contribution in [3.8, 4) is 0 Å². The first kappa shape index (κ1) is 140. The molecule has 0 amide bonds. The Labute approximate surface area is 868 Å². The first-order chi connectivity index (χ1) is 65.4. The zero-order valence-electron chi connectivity index (χ0n) is 79.3. The monoisotopic (exact) mass is 2230 g/mol. The Morgan fingerprint density at radius 1 is 0.386 bits per heavy atom. The number of halogens is 1. The van der Waals surface area contributed by atoms with Crippen LogP contribution in [0.25, 0.3) is 24.3 Å². The van der Waals surface area contributed by atoms with Gasteiger partial charge in [0.25, 0.3) is 26.2 Å². The predicted octanol–water partition coefficient (Wildman–Crippen LogP) is 9.82. The van der Waals surface area contributed by atoms with Crippen molar-refractivity contribution in [1.82, 2.24) is 10.3 Å². The number of aldehydes is 1. The predicted molar refractivity (Wildman–Crippen MR) is 583 cm³/mol. The van der Waals surface area contributed by atoms with Gasteiger partial charge >= 0.3 is 0 Å². The van der Waals surface area contributed by atoms with Gasteiger partial charge in [-0.15, -0.1) is 0 Å². The molecule has 0 aliphatic carbocycles. The van der Waals surface area contributed by atoms with E-state index >= 15 is 0 Å². The van der Waals surface area contributed by atoms with Crippen molar-refractivity contribution >= 4 is 200 Å². The van der Waals surface area contributed by atoms with Crippen LogP contribution in [-0.4, -0.2) is 310 Å². The van der Waals surface area contributed by atoms with E-state index < -0.39 is 55.5 Å². The summed E-state index contributed by atoms with van der Waals surface area (Å²) in [6.45, 7) is 17.9. The van der Waals surface area contributed by atoms with Crippen LogP contribution in [-0.2, 0) is 88.9 Å². The number of carboxylic acid groups (broad SMARTS) is 1. The third-order valence-corrected chi connectivity index (χ3v) is 26.8. The van der Waals surface area contributed by atoms with Crippen LogP contribution in [0.15, 0.2) is 195 Å². The summed E-state index contributed by atoms with van der Waals surface area (Å²) in [6, 6.07) is 44.4. The number of aliphatic carboxylic acids is 1. The van der Waals surface area contributed by atoms with Gasteiger partial charge in [0.05, 0.1) is 128 Å². The molecule has 8 aromatic rings. The van der Waals surface area contributed by atoms with Crippen LogP contribution in [0.5, 0.6) is 0 Å². The zero-order chi connectivity index (χ0) is 104. The molecular weight excluding hydrogens is 2080 g/mol. The molecule has 0 radical (unpaired) electrons. The molecule has 0 saturated carbocycles. The highest BCUT2D eigenvalue weighted by molar-refractivity contribution is 8.77. The number of aromatic nitrogens is 5. The number of benzene rings is 3. The average molecular weight is 2230 g/mol. The number of hydrogen-bond donors (Lipinski definition) is 10. The van der Waals surface area contributed by atoms with Crippen molar-refractivity contribution in [3.63, 3.8) is 0 Å². The Bertz CT molecular complexity index is 4730. The molecule has 1 saturated heterocycles. The van der Waals surface area contributed by atoms with Gasteiger partial charge in [-0.3, -0.25) is 22.9 Å². The van der Waals surface area contributed by atoms with Gasteiger partial charge in [-0.1, -0.05) is 150 Å². The molecule has 0 spiro atoms. The van der Waals surface area contributed by atoms with Crippen molar-refractivity contribution in [1.29, 1.82) is 0 Å². The fourth-order valence-electron chi connectivity index (χ4n) is 10.0. The third kappa shape index (κ3) is 94.1. The van der Waals surface area contributed by atoms with Gasteiger partial charge in [-0.2, -0.15) is 16.8 Å². The van der Waals surface area contributed by atoms with Crippen LogP contribution < -0.4 is 38.3 Å². The van der Waals surface area contributed by atoms with Crippen molar-refractivity contribution in [2.75, 3.05) is 210 Å². The minimum atomic E-state index is -3.92. The molecule has 6 heterocycles. The van der Waals surface area contributed by atoms with E-state index in [9.17, 15) is 50.5 Å². The number of rotatable bonds is 48. The minimum Gasteiger partial charge on any atom is -0.748 e. The number of nitrogens with one attached hydrogen (secondary N) is 1. The van der Waals surface area contributed by atoms with Gasteiger partial charge in [0.15, 0.2) is 75.8 Å². The molecule has 48 heteroatoms. The standard InChI is InChI=1S/C38H48N4O4S2.C16H22N2S2.C11H15NO3.C6H7N.C6H14O6S4.C4H9N.C4H10O2S2.C2H4O2.CH3ClO2S.2CH4O3S.2CH4/c43-27-21-41(22-28-44)37-9-5-33(6-10-37)1-3-35-13-17-39(18-14-35)25-31-47-48-32-26-40-19-15-36(16-20-40)4-2-34-7-11-38(12-8-34)42(23-29-45)24-30-46;1-15-3-7-17(8-4-15)11-13-19-20-14-12-18-9-5-16(2)6-10-18;13-7-5-12(6-8-14)11-3-1-10(9-15)2-4-11;1-6-2-4-7-5-3-6;1-15(7,8)11-3-5-13-14-6-4-12-16(2,9)10;1-2-4-5-3-1;5-1-3-7-8-4-2-6;1-2(3)4;3*1-5(2,3)4;;/h1-20,43-46H,21-32H2;3-10H,11-14H2,1-2H3;1-4,9,13-14H,5-8H2;2-5H,1H3;3-6H2,1-2H3;5H,1-4H2;5-6H,1-4H2;1H3,(H,3,4);1H3;2*1H3,(H,2,3,4);2*1H4/q2*+2;;;;;;;;;;;/p-2. The lowest BCUT2D eigenvalue weighted by Crippen LogP contribution is -2.34. The van der Waals surface area contributed by atoms with Gasteiger partial charge in [-0.25, -0.2) is 43.5 Å². The Balaban J connectivity index is -0.000000832. The molecule has 792 valence electrons. The van der Waals surface area contributed by atoms with Gasteiger partial charge in [0.1, 0.15) is 6.29 Å². The van der Waals surface area contributed by atoms with E-state index in [0.717, 1.165) is 132 Å². The SMILES string of the molecule is C.C.C1CCNC1.CC(=O)O.CS(=O)(=O)Cl.CS(=O)(=O)OCCSSCCOS(C)(=O)=O.CS(=O)(=O)[O-].CS(=O)(=O)[O-].Cc1cc[n+](CCSSCC[n+]2ccc(C)cc2)cc1.Cc1ccncc1.O=Cc1ccc(N(CCO)CCO)cc1.OCCN(CCO)c1ccc(/C=C/c2cc[n+](CCSSCC[n+]3ccc(/C=C/c4ccc(N(CCO)CCO)cc4)cc3)cc2)cc1.OCCSSCCO. The number of aliphatic hydroxyl groups excluding tert-OH is 8. The molecule has 0 bridgehead atoms. The van der Waals surface area contributed by atoms with E-state index in [1.165, 1.54) is 64.2 Å².